The van der Waals surface area contributed by atoms with Crippen LogP contribution in [0.15, 0.2) is 23.1 Å². The molecule has 0 saturated heterocycles. The number of sulfonamides is 1. The van der Waals surface area contributed by atoms with Crippen molar-refractivity contribution < 1.29 is 13.2 Å². The summed E-state index contributed by atoms with van der Waals surface area (Å²) in [6.07, 6.45) is 9.30. The Labute approximate surface area is 192 Å². The van der Waals surface area contributed by atoms with E-state index in [0.29, 0.717) is 37.5 Å². The first-order valence-electron chi connectivity index (χ1n) is 12.2. The standard InChI is InChI=1S/C24H38N4O3S/c1-4-27(5-2)32(30,31)20-14-15-22-21(18-20)26-23(28(22)6-3)16-17-24(29)25-19-12-10-8-7-9-11-13-19/h14-15,18-19H,4-13,16-17H2,1-3H3,(H,25,29). The van der Waals surface area contributed by atoms with Gasteiger partial charge in [-0.1, -0.05) is 46.0 Å². The Hall–Kier alpha value is -1.93. The van der Waals surface area contributed by atoms with Crippen LogP contribution in [0.25, 0.3) is 11.0 Å². The van der Waals surface area contributed by atoms with E-state index in [1.165, 1.54) is 36.4 Å². The van der Waals surface area contributed by atoms with Gasteiger partial charge in [0.2, 0.25) is 15.9 Å². The third-order valence-electron chi connectivity index (χ3n) is 6.50. The quantitative estimate of drug-likeness (QED) is 0.604. The smallest absolute Gasteiger partial charge is 0.243 e. The van der Waals surface area contributed by atoms with Gasteiger partial charge in [-0.2, -0.15) is 4.31 Å². The molecule has 1 N–H and O–H groups in total. The van der Waals surface area contributed by atoms with Gasteiger partial charge in [-0.25, -0.2) is 13.4 Å². The Morgan fingerprint density at radius 1 is 1.09 bits per heavy atom. The Bertz CT molecular complexity index is 1000. The second-order valence-corrected chi connectivity index (χ2v) is 10.6. The van der Waals surface area contributed by atoms with Crippen LogP contribution in [-0.4, -0.2) is 47.3 Å². The lowest BCUT2D eigenvalue weighted by Crippen LogP contribution is -2.35. The van der Waals surface area contributed by atoms with Gasteiger partial charge in [-0.05, 0) is 38.0 Å². The van der Waals surface area contributed by atoms with Gasteiger partial charge in [-0.3, -0.25) is 4.79 Å². The van der Waals surface area contributed by atoms with Crippen molar-refractivity contribution in [3.05, 3.63) is 24.0 Å². The van der Waals surface area contributed by atoms with Crippen molar-refractivity contribution in [2.45, 2.75) is 96.0 Å². The summed E-state index contributed by atoms with van der Waals surface area (Å²) in [5, 5.41) is 3.22. The topological polar surface area (TPSA) is 84.3 Å². The maximum Gasteiger partial charge on any atom is 0.243 e. The number of aromatic nitrogens is 2. The monoisotopic (exact) mass is 462 g/mol. The lowest BCUT2D eigenvalue weighted by Gasteiger charge is -2.21. The van der Waals surface area contributed by atoms with Crippen molar-refractivity contribution in [1.29, 1.82) is 0 Å². The van der Waals surface area contributed by atoms with Crippen LogP contribution >= 0.6 is 0 Å². The Morgan fingerprint density at radius 3 is 2.38 bits per heavy atom. The van der Waals surface area contributed by atoms with Gasteiger partial charge in [0.05, 0.1) is 15.9 Å². The van der Waals surface area contributed by atoms with Crippen molar-refractivity contribution >= 4 is 27.0 Å². The zero-order chi connectivity index (χ0) is 23.1. The van der Waals surface area contributed by atoms with Crippen LogP contribution in [0.5, 0.6) is 0 Å². The van der Waals surface area contributed by atoms with Gasteiger partial charge >= 0.3 is 0 Å². The molecular formula is C24H38N4O3S. The van der Waals surface area contributed by atoms with Crippen LogP contribution in [0.4, 0.5) is 0 Å². The van der Waals surface area contributed by atoms with E-state index < -0.39 is 10.0 Å². The first kappa shape index (κ1) is 24.7. The summed E-state index contributed by atoms with van der Waals surface area (Å²) in [4.78, 5) is 17.6. The number of nitrogens with zero attached hydrogens (tertiary/aromatic N) is 3. The van der Waals surface area contributed by atoms with Gasteiger partial charge in [0.25, 0.3) is 0 Å². The minimum atomic E-state index is -3.53. The van der Waals surface area contributed by atoms with Gasteiger partial charge in [-0.15, -0.1) is 0 Å². The van der Waals surface area contributed by atoms with Crippen LogP contribution in [0.3, 0.4) is 0 Å². The number of hydrogen-bond acceptors (Lipinski definition) is 4. The predicted octanol–water partition coefficient (Wildman–Crippen LogP) is 4.25. The number of fused-ring (bicyclic) bond motifs is 1. The minimum absolute atomic E-state index is 0.0788. The van der Waals surface area contributed by atoms with Gasteiger partial charge in [0.1, 0.15) is 5.82 Å². The number of imidazole rings is 1. The number of amides is 1. The molecular weight excluding hydrogens is 424 g/mol. The molecule has 0 aliphatic heterocycles. The lowest BCUT2D eigenvalue weighted by atomic mass is 9.96. The first-order valence-corrected chi connectivity index (χ1v) is 13.6. The molecule has 1 saturated carbocycles. The summed E-state index contributed by atoms with van der Waals surface area (Å²) < 4.78 is 29.3. The largest absolute Gasteiger partial charge is 0.353 e. The van der Waals surface area contributed by atoms with E-state index in [0.717, 1.165) is 30.7 Å². The fourth-order valence-electron chi connectivity index (χ4n) is 4.70. The lowest BCUT2D eigenvalue weighted by molar-refractivity contribution is -0.121. The highest BCUT2D eigenvalue weighted by molar-refractivity contribution is 7.89. The van der Waals surface area contributed by atoms with E-state index in [1.807, 2.05) is 26.8 Å². The Morgan fingerprint density at radius 2 is 1.75 bits per heavy atom. The molecule has 1 fully saturated rings. The van der Waals surface area contributed by atoms with Crippen LogP contribution < -0.4 is 5.32 Å². The molecule has 2 aromatic rings. The van der Waals surface area contributed by atoms with E-state index in [9.17, 15) is 13.2 Å². The van der Waals surface area contributed by atoms with Crippen molar-refractivity contribution in [2.24, 2.45) is 0 Å². The zero-order valence-electron chi connectivity index (χ0n) is 19.8. The summed E-state index contributed by atoms with van der Waals surface area (Å²) in [6, 6.07) is 5.45. The average Bonchev–Trinajstić information content (AvgIpc) is 3.11. The molecule has 0 unspecified atom stereocenters. The third kappa shape index (κ3) is 5.70. The molecule has 3 rings (SSSR count). The molecule has 0 spiro atoms. The Balaban J connectivity index is 1.73. The molecule has 32 heavy (non-hydrogen) atoms. The number of carbonyl (C=O) groups excluding carboxylic acids is 1. The fraction of sp³-hybridized carbons (Fsp3) is 0.667. The van der Waals surface area contributed by atoms with Gasteiger partial charge in [0.15, 0.2) is 0 Å². The molecule has 1 aliphatic carbocycles. The highest BCUT2D eigenvalue weighted by Gasteiger charge is 2.23. The SMILES string of the molecule is CCN(CC)S(=O)(=O)c1ccc2c(c1)nc(CCC(=O)NC1CCCCCCC1)n2CC. The predicted molar refractivity (Wildman–Crippen MR) is 128 cm³/mol. The number of hydrogen-bond donors (Lipinski definition) is 1. The molecule has 1 aromatic heterocycles. The third-order valence-corrected chi connectivity index (χ3v) is 8.55. The van der Waals surface area contributed by atoms with Crippen LogP contribution in [-0.2, 0) is 27.8 Å². The second kappa shape index (κ2) is 11.3. The summed E-state index contributed by atoms with van der Waals surface area (Å²) in [6.45, 7) is 7.30. The summed E-state index contributed by atoms with van der Waals surface area (Å²) in [7, 11) is -3.53. The molecule has 1 amide bonds. The highest BCUT2D eigenvalue weighted by atomic mass is 32.2. The van der Waals surface area contributed by atoms with Crippen molar-refractivity contribution in [3.8, 4) is 0 Å². The number of benzene rings is 1. The van der Waals surface area contributed by atoms with Crippen LogP contribution in [0.1, 0.15) is 78.0 Å². The number of carbonyl (C=O) groups is 1. The molecule has 8 heteroatoms. The van der Waals surface area contributed by atoms with E-state index in [1.54, 1.807) is 12.1 Å². The molecule has 1 heterocycles. The summed E-state index contributed by atoms with van der Waals surface area (Å²) in [5.41, 5.74) is 1.57. The molecule has 1 aromatic carbocycles. The molecule has 0 bridgehead atoms. The van der Waals surface area contributed by atoms with Crippen LogP contribution in [0, 0.1) is 0 Å². The molecule has 178 valence electrons. The van der Waals surface area contributed by atoms with E-state index in [4.69, 9.17) is 4.98 Å². The number of nitrogens with one attached hydrogen (secondary N) is 1. The van der Waals surface area contributed by atoms with Gasteiger partial charge < -0.3 is 9.88 Å². The van der Waals surface area contributed by atoms with Crippen molar-refractivity contribution in [1.82, 2.24) is 19.2 Å². The molecule has 0 radical (unpaired) electrons. The van der Waals surface area contributed by atoms with E-state index >= 15 is 0 Å². The van der Waals surface area contributed by atoms with Crippen molar-refractivity contribution in [2.75, 3.05) is 13.1 Å². The maximum atomic E-state index is 12.9. The normalized spacial score (nSPS) is 16.2. The second-order valence-electron chi connectivity index (χ2n) is 8.62. The summed E-state index contributed by atoms with van der Waals surface area (Å²) >= 11 is 0. The van der Waals surface area contributed by atoms with Gasteiger partial charge in [0, 0.05) is 38.5 Å². The average molecular weight is 463 g/mol. The van der Waals surface area contributed by atoms with Crippen LogP contribution in [0.2, 0.25) is 0 Å². The minimum Gasteiger partial charge on any atom is -0.353 e. The fourth-order valence-corrected chi connectivity index (χ4v) is 6.18. The molecule has 1 aliphatic rings. The number of aryl methyl sites for hydroxylation is 2. The highest BCUT2D eigenvalue weighted by Crippen LogP contribution is 2.24. The van der Waals surface area contributed by atoms with E-state index in [-0.39, 0.29) is 10.8 Å². The first-order chi connectivity index (χ1) is 15.4. The zero-order valence-corrected chi connectivity index (χ0v) is 20.6. The molecule has 7 nitrogen and oxygen atoms in total. The van der Waals surface area contributed by atoms with Crippen molar-refractivity contribution in [3.63, 3.8) is 0 Å². The summed E-state index contributed by atoms with van der Waals surface area (Å²) in [5.74, 6) is 0.905. The van der Waals surface area contributed by atoms with E-state index in [2.05, 4.69) is 9.88 Å². The Kier molecular flexibility index (Phi) is 8.71. The maximum absolute atomic E-state index is 12.9. The number of rotatable bonds is 9. The molecule has 0 atom stereocenters.